The van der Waals surface area contributed by atoms with Crippen molar-refractivity contribution in [2.45, 2.75) is 176 Å². The molecule has 5 aliphatic carbocycles. The molecule has 3 aromatic heterocycles. The Morgan fingerprint density at radius 3 is 1.15 bits per heavy atom. The number of nitrogens with one attached hydrogen (secondary N) is 1. The molecule has 22 nitrogen and oxygen atoms in total. The highest BCUT2D eigenvalue weighted by molar-refractivity contribution is 6.17. The summed E-state index contributed by atoms with van der Waals surface area (Å²) in [6.45, 7) is 19.1. The van der Waals surface area contributed by atoms with Crippen molar-refractivity contribution in [3.8, 4) is 103 Å². The number of phenolic OH excluding ortho intramolecular Hbond substituents is 1. The molecule has 3 unspecified atom stereocenters. The first-order valence-corrected chi connectivity index (χ1v) is 49.5. The van der Waals surface area contributed by atoms with Gasteiger partial charge in [0.2, 0.25) is 0 Å². The van der Waals surface area contributed by atoms with Crippen molar-refractivity contribution in [2.24, 2.45) is 11.8 Å². The van der Waals surface area contributed by atoms with Crippen molar-refractivity contribution >= 4 is 34.6 Å². The quantitative estimate of drug-likeness (QED) is 0.0167. The first-order chi connectivity index (χ1) is 68.2. The van der Waals surface area contributed by atoms with Crippen LogP contribution >= 0.6 is 11.6 Å². The zero-order valence-corrected chi connectivity index (χ0v) is 83.3. The van der Waals surface area contributed by atoms with Crippen molar-refractivity contribution < 1.29 is 58.8 Å². The van der Waals surface area contributed by atoms with Gasteiger partial charge in [0, 0.05) is 82.6 Å². The van der Waals surface area contributed by atoms with Crippen molar-refractivity contribution in [2.75, 3.05) is 79.6 Å². The maximum absolute atomic E-state index is 12.0. The summed E-state index contributed by atoms with van der Waals surface area (Å²) < 4.78 is 50.2. The Kier molecular flexibility index (Phi) is 35.0. The monoisotopic (exact) mass is 1900 g/mol. The van der Waals surface area contributed by atoms with Gasteiger partial charge in [-0.3, -0.25) is 20.2 Å². The van der Waals surface area contributed by atoms with Crippen LogP contribution < -0.4 is 49.2 Å². The van der Waals surface area contributed by atoms with Gasteiger partial charge in [0.05, 0.1) is 99.3 Å². The highest BCUT2D eigenvalue weighted by Gasteiger charge is 2.33. The second kappa shape index (κ2) is 48.7. The number of carbonyl (C=O) groups excluding carboxylic acids is 3. The van der Waals surface area contributed by atoms with E-state index in [0.717, 1.165) is 215 Å². The summed E-state index contributed by atoms with van der Waals surface area (Å²) in [5.74, 6) is 12.7. The fourth-order valence-electron chi connectivity index (χ4n) is 19.4. The van der Waals surface area contributed by atoms with Crippen LogP contribution in [0.2, 0.25) is 0 Å². The molecule has 0 bridgehead atoms. The van der Waals surface area contributed by atoms with Crippen LogP contribution in [0.1, 0.15) is 173 Å². The second-order valence-corrected chi connectivity index (χ2v) is 36.8. The number of nitrogens with two attached hydrogens (primary N) is 1. The van der Waals surface area contributed by atoms with Crippen molar-refractivity contribution in [3.63, 3.8) is 0 Å². The molecule has 11 aromatic carbocycles. The highest BCUT2D eigenvalue weighted by atomic mass is 35.5. The zero-order valence-electron chi connectivity index (χ0n) is 82.6. The number of phenols is 1. The Morgan fingerprint density at radius 2 is 0.771 bits per heavy atom. The van der Waals surface area contributed by atoms with Gasteiger partial charge in [0.25, 0.3) is 0 Å². The number of hydrogen-bond acceptors (Lipinski definition) is 19. The van der Waals surface area contributed by atoms with Crippen LogP contribution in [0.15, 0.2) is 249 Å². The molecule has 3 atom stereocenters. The van der Waals surface area contributed by atoms with Crippen LogP contribution in [0, 0.1) is 26.7 Å². The van der Waals surface area contributed by atoms with Gasteiger partial charge in [-0.2, -0.15) is 15.3 Å². The predicted octanol–water partition coefficient (Wildman–Crippen LogP) is 23.5. The second-order valence-electron chi connectivity index (χ2n) is 36.5. The van der Waals surface area contributed by atoms with Gasteiger partial charge in [0.1, 0.15) is 70.7 Å². The van der Waals surface area contributed by atoms with Crippen LogP contribution in [-0.2, 0) is 69.4 Å². The molecule has 2 fully saturated rings. The number of methoxy groups -OCH3 is 5. The van der Waals surface area contributed by atoms with E-state index >= 15 is 0 Å². The molecule has 0 radical (unpaired) electrons. The third-order valence-electron chi connectivity index (χ3n) is 27.4. The van der Waals surface area contributed by atoms with Crippen LogP contribution in [0.4, 0.5) is 5.69 Å². The normalized spacial score (nSPS) is 15.4. The average molecular weight is 1910 g/mol. The molecule has 5 heterocycles. The SMILES string of the molecule is CC1CCCN1CCCCl.COc1ccc2c(c1)-c1c(c(C)nn1-c1ccc(O)cc1)CC2.COc1ccc2c(c1)-c1c(c(C)nn1-c1ccc(OCCCN3CCCC3C)cc1)CC2.COc1ccc2c(c1)-c1c(c(C)nn1-c1ccc(OCc3ccccc3)cc1)CC2.COc1ccc2c(c1)C(=O)C(C(C)=O)CC2.COc1ccc2c(c1)C(=O)CCC2.NNc1ccc(OCc2ccccc2)cc1.[HH]. The molecule has 2 aliphatic heterocycles. The minimum atomic E-state index is -0.459. The van der Waals surface area contributed by atoms with Crippen molar-refractivity contribution in [1.82, 2.24) is 39.1 Å². The Morgan fingerprint density at radius 1 is 0.414 bits per heavy atom. The topological polar surface area (TPSA) is 243 Å². The first-order valence-electron chi connectivity index (χ1n) is 49.0. The lowest BCUT2D eigenvalue weighted by atomic mass is 9.81. The van der Waals surface area contributed by atoms with Crippen molar-refractivity contribution in [1.29, 1.82) is 0 Å². The summed E-state index contributed by atoms with van der Waals surface area (Å²) in [5, 5.41) is 24.0. The number of hydrazine groups is 1. The standard InChI is InChI=1S/C27H33N3O2.C26H24N2O2.C19H18N2O2.C13H14N2O.C13H14O3.C11H12O2.C8H16ClN.H2/c1-19-6-4-15-29(19)16-5-17-32-23-12-9-22(10-13-23)30-27-25(20(2)28-30)14-8-21-7-11-24(31-3)18-26(21)27;1-18-24-15-9-20-8-12-23(29-2)16-25(20)26(24)28(27-18)21-10-13-22(14-11-21)30-17-19-6-4-3-5-7-19;1-12-17-10-4-13-3-9-16(23-2)11-18(13)19(17)21(20-12)14-5-7-15(22)8-6-14;14-15-12-6-8-13(9-7-12)16-10-11-4-2-1-3-5-11;1-8(14)11-6-4-9-3-5-10(16-2)7-12(9)13(11)15;1-13-9-6-5-8-3-2-4-11(12)10(8)7-9;1-8-4-2-6-10(8)7-3-5-9;/h7,9-13,18-19H,4-6,8,14-17H2,1-3H3;3-8,10-14,16H,9,15,17H2,1-2H3;3,5-9,11,22H,4,10H2,1-2H3;1-9,15H,10,14H2;3,5,7,11H,4,6H2,1-2H3;5-7H,2-4H2,1H3;8H,2-7H2,1H3;1H. The van der Waals surface area contributed by atoms with Crippen LogP contribution in [-0.4, -0.2) is 148 Å². The van der Waals surface area contributed by atoms with Gasteiger partial charge >= 0.3 is 0 Å². The maximum atomic E-state index is 12.0. The molecule has 0 spiro atoms. The number of alkyl halides is 1. The number of anilines is 1. The predicted molar refractivity (Wildman–Crippen MR) is 559 cm³/mol. The number of likely N-dealkylation sites (tertiary alicyclic amines) is 2. The molecule has 21 rings (SSSR count). The minimum Gasteiger partial charge on any atom is -0.508 e. The van der Waals surface area contributed by atoms with E-state index < -0.39 is 5.92 Å². The summed E-state index contributed by atoms with van der Waals surface area (Å²) in [7, 11) is 8.31. The number of aromatic nitrogens is 6. The van der Waals surface area contributed by atoms with E-state index in [9.17, 15) is 19.5 Å². The summed E-state index contributed by atoms with van der Waals surface area (Å²) in [4.78, 5) is 40.0. The fraction of sp³-hybridized carbons (Fsp3) is 0.333. The number of halogens is 1. The van der Waals surface area contributed by atoms with Crippen molar-refractivity contribution in [3.05, 3.63) is 333 Å². The lowest BCUT2D eigenvalue weighted by Gasteiger charge is -2.21. The molecule has 0 saturated carbocycles. The largest absolute Gasteiger partial charge is 0.508 e. The smallest absolute Gasteiger partial charge is 0.173 e. The van der Waals surface area contributed by atoms with E-state index in [1.165, 1.54) is 114 Å². The number of fused-ring (bicyclic) bond motifs is 11. The van der Waals surface area contributed by atoms with E-state index in [4.69, 9.17) is 70.6 Å². The first kappa shape index (κ1) is 101. The van der Waals surface area contributed by atoms with Crippen LogP contribution in [0.25, 0.3) is 50.8 Å². The maximum Gasteiger partial charge on any atom is 0.173 e. The van der Waals surface area contributed by atoms with Crippen LogP contribution in [0.3, 0.4) is 0 Å². The molecular formula is C117H133ClN10O12. The zero-order chi connectivity index (χ0) is 98.1. The van der Waals surface area contributed by atoms with E-state index in [-0.39, 0.29) is 24.5 Å². The number of Topliss-reactive ketones (excluding diaryl/α,β-unsaturated/α-hetero) is 3. The number of nitrogens with zero attached hydrogens (tertiary/aromatic N) is 8. The number of carbonyl (C=O) groups is 3. The summed E-state index contributed by atoms with van der Waals surface area (Å²) in [6.07, 6.45) is 17.9. The molecule has 0 amide bonds. The number of hydrogen-bond donors (Lipinski definition) is 3. The number of rotatable bonds is 24. The Hall–Kier alpha value is -13.8. The summed E-state index contributed by atoms with van der Waals surface area (Å²) >= 11 is 5.60. The number of aryl methyl sites for hydroxylation is 8. The van der Waals surface area contributed by atoms with E-state index in [1.807, 2.05) is 150 Å². The molecular weight excluding hydrogens is 1770 g/mol. The van der Waals surface area contributed by atoms with Gasteiger partial charge in [0.15, 0.2) is 11.6 Å². The molecule has 14 aromatic rings. The van der Waals surface area contributed by atoms with Gasteiger partial charge in [-0.15, -0.1) is 11.6 Å². The molecule has 7 aliphatic rings. The number of ketones is 3. The lowest BCUT2D eigenvalue weighted by molar-refractivity contribution is -0.119. The third kappa shape index (κ3) is 25.1. The van der Waals surface area contributed by atoms with Gasteiger partial charge in [-0.1, -0.05) is 91.0 Å². The number of nitrogen functional groups attached to an aromatic ring is 1. The molecule has 23 heteroatoms. The van der Waals surface area contributed by atoms with Crippen LogP contribution in [0.5, 0.6) is 51.7 Å². The molecule has 2 saturated heterocycles. The molecule has 730 valence electrons. The summed E-state index contributed by atoms with van der Waals surface area (Å²) in [6, 6.07) is 83.2. The lowest BCUT2D eigenvalue weighted by Crippen LogP contribution is -2.28. The van der Waals surface area contributed by atoms with Gasteiger partial charge < -0.3 is 58.2 Å². The van der Waals surface area contributed by atoms with E-state index in [2.05, 4.69) is 144 Å². The molecule has 4 N–H and O–H groups in total. The fourth-order valence-corrected chi connectivity index (χ4v) is 19.6. The third-order valence-corrected chi connectivity index (χ3v) is 27.6. The highest BCUT2D eigenvalue weighted by Crippen LogP contribution is 2.44. The minimum absolute atomic E-state index is 0. The summed E-state index contributed by atoms with van der Waals surface area (Å²) in [5.41, 5.74) is 30.8. The Bertz CT molecular complexity index is 6510. The number of ether oxygens (including phenoxy) is 8. The van der Waals surface area contributed by atoms with Gasteiger partial charge in [-0.05, 0) is 361 Å². The van der Waals surface area contributed by atoms with Gasteiger partial charge in [-0.25, -0.2) is 14.0 Å². The molecule has 140 heavy (non-hydrogen) atoms. The van der Waals surface area contributed by atoms with E-state index in [0.29, 0.717) is 37.4 Å². The average Bonchev–Trinajstić information content (AvgIpc) is 1.62. The number of aromatic hydroxyl groups is 1. The van der Waals surface area contributed by atoms with E-state index in [1.54, 1.807) is 53.7 Å². The Labute approximate surface area is 830 Å². The number of benzene rings is 11. The Balaban J connectivity index is 0.000000135.